The fourth-order valence-electron chi connectivity index (χ4n) is 4.61. The van der Waals surface area contributed by atoms with E-state index < -0.39 is 24.6 Å². The molecule has 0 bridgehead atoms. The van der Waals surface area contributed by atoms with E-state index in [1.807, 2.05) is 0 Å². The monoisotopic (exact) mass is 789 g/mol. The van der Waals surface area contributed by atoms with Gasteiger partial charge in [-0.15, -0.1) is 4.52 Å². The lowest BCUT2D eigenvalue weighted by atomic mass is 10.3. The Morgan fingerprint density at radius 3 is 1.15 bits per heavy atom. The molecule has 2 unspecified atom stereocenters. The molecule has 1 aliphatic rings. The number of phenolic OH excluding ortho intramolecular Hbond substituents is 6. The minimum Gasteiger partial charge on any atom is -0.504 e. The highest BCUT2D eigenvalue weighted by Gasteiger charge is 2.59. The molecule has 1 aliphatic heterocycles. The van der Waals surface area contributed by atoms with E-state index >= 15 is 0 Å². The van der Waals surface area contributed by atoms with Crippen molar-refractivity contribution in [3.8, 4) is 69.0 Å². The van der Waals surface area contributed by atoms with Crippen molar-refractivity contribution in [1.82, 2.24) is 9.21 Å². The molecule has 0 spiro atoms. The first kappa shape index (κ1) is 36.3. The van der Waals surface area contributed by atoms with Crippen LogP contribution in [0.4, 0.5) is 0 Å². The molecule has 0 saturated carbocycles. The zero-order valence-electron chi connectivity index (χ0n) is 27.7. The van der Waals surface area contributed by atoms with Gasteiger partial charge in [-0.25, -0.2) is 0 Å². The van der Waals surface area contributed by atoms with Gasteiger partial charge in [0.05, 0.1) is 0 Å². The number of benzene rings is 6. The predicted octanol–water partition coefficient (Wildman–Crippen LogP) is 9.54. The zero-order valence-corrected chi connectivity index (χ0v) is 30.4. The van der Waals surface area contributed by atoms with Crippen LogP contribution in [0.15, 0.2) is 150 Å². The summed E-state index contributed by atoms with van der Waals surface area (Å²) in [6.45, 7) is 0. The quantitative estimate of drug-likeness (QED) is 0.0641. The summed E-state index contributed by atoms with van der Waals surface area (Å²) in [4.78, 5) is 12.8. The molecule has 0 amide bonds. The Labute approximate surface area is 310 Å². The molecule has 18 heteroatoms. The first-order valence-electron chi connectivity index (χ1n) is 15.8. The Morgan fingerprint density at radius 1 is 0.407 bits per heavy atom. The van der Waals surface area contributed by atoms with Gasteiger partial charge < -0.3 is 58.4 Å². The Kier molecular flexibility index (Phi) is 10.7. The minimum atomic E-state index is -4.49. The Balaban J connectivity index is 1.54. The van der Waals surface area contributed by atoms with E-state index in [9.17, 15) is 30.6 Å². The molecule has 2 atom stereocenters. The summed E-state index contributed by atoms with van der Waals surface area (Å²) in [7, 11) is -9.97. The van der Waals surface area contributed by atoms with Crippen LogP contribution >= 0.6 is 24.6 Å². The number of hydrogen-bond donors (Lipinski definition) is 6. The highest BCUT2D eigenvalue weighted by Crippen LogP contribution is 2.78. The second-order valence-corrected chi connectivity index (χ2v) is 16.5. The highest BCUT2D eigenvalue weighted by atomic mass is 31.3. The molecule has 0 aromatic heterocycles. The van der Waals surface area contributed by atoms with E-state index in [0.717, 1.165) is 9.21 Å². The predicted molar refractivity (Wildman–Crippen MR) is 199 cm³/mol. The molecule has 0 aliphatic carbocycles. The van der Waals surface area contributed by atoms with E-state index in [1.165, 1.54) is 72.8 Å². The lowest BCUT2D eigenvalue weighted by molar-refractivity contribution is 0.0508. The molecule has 7 rings (SSSR count). The van der Waals surface area contributed by atoms with Crippen molar-refractivity contribution in [2.24, 2.45) is 4.52 Å². The number of hydrogen-bond acceptors (Lipinski definition) is 15. The average Bonchev–Trinajstić information content (AvgIpc) is 3.16. The van der Waals surface area contributed by atoms with Crippen molar-refractivity contribution in [3.05, 3.63) is 146 Å². The van der Waals surface area contributed by atoms with Gasteiger partial charge in [0.1, 0.15) is 0 Å². The highest BCUT2D eigenvalue weighted by molar-refractivity contribution is 7.78. The van der Waals surface area contributed by atoms with Crippen LogP contribution in [0.2, 0.25) is 0 Å². The third-order valence-electron chi connectivity index (χ3n) is 7.19. The molecule has 6 aromatic carbocycles. The topological polar surface area (TPSA) is 196 Å². The number of phenols is 6. The summed E-state index contributed by atoms with van der Waals surface area (Å²) >= 11 is 0. The number of aromatic hydroxyl groups is 6. The summed E-state index contributed by atoms with van der Waals surface area (Å²) in [5.74, 6) is -2.56. The van der Waals surface area contributed by atoms with Crippen LogP contribution in [0, 0.1) is 0 Å². The van der Waals surface area contributed by atoms with Crippen molar-refractivity contribution in [2.75, 3.05) is 0 Å². The standard InChI is InChI=1S/C36H30N3O12P3/c40-25-13-1-7-19-31(25)46-38-52(48-33-21-9-3-15-27(33)42)37-54(50-35-23-11-5-17-29(35)44,51-36-24-12-6-18-30(36)45)39(47-32-20-8-2-14-26(32)41)53(38)49-34-22-10-4-16-28(34)43/h1-24,40-45H. The third kappa shape index (κ3) is 7.81. The lowest BCUT2D eigenvalue weighted by Crippen LogP contribution is -2.37. The van der Waals surface area contributed by atoms with Gasteiger partial charge in [0.15, 0.2) is 69.0 Å². The van der Waals surface area contributed by atoms with Crippen LogP contribution in [0.5, 0.6) is 69.0 Å². The first-order chi connectivity index (χ1) is 26.2. The van der Waals surface area contributed by atoms with Crippen molar-refractivity contribution < 1.29 is 58.4 Å². The van der Waals surface area contributed by atoms with Crippen molar-refractivity contribution in [1.29, 1.82) is 0 Å². The fraction of sp³-hybridized carbons (Fsp3) is 0. The van der Waals surface area contributed by atoms with E-state index in [1.54, 1.807) is 72.8 Å². The van der Waals surface area contributed by atoms with E-state index in [4.69, 9.17) is 32.3 Å². The maximum absolute atomic E-state index is 11.0. The first-order valence-corrected chi connectivity index (χ1v) is 19.7. The molecule has 1 heterocycles. The third-order valence-corrected chi connectivity index (χ3v) is 14.0. The van der Waals surface area contributed by atoms with Crippen LogP contribution in [0.25, 0.3) is 0 Å². The molecule has 276 valence electrons. The summed E-state index contributed by atoms with van der Waals surface area (Å²) in [6.07, 6.45) is 0. The molecule has 6 aromatic rings. The van der Waals surface area contributed by atoms with Gasteiger partial charge in [0.25, 0.3) is 0 Å². The molecule has 15 nitrogen and oxygen atoms in total. The van der Waals surface area contributed by atoms with Crippen LogP contribution in [-0.2, 0) is 0 Å². The van der Waals surface area contributed by atoms with Crippen LogP contribution in [0.1, 0.15) is 0 Å². The maximum Gasteiger partial charge on any atom is 0.447 e. The van der Waals surface area contributed by atoms with Crippen molar-refractivity contribution >= 4 is 24.6 Å². The van der Waals surface area contributed by atoms with E-state index in [2.05, 4.69) is 0 Å². The molecule has 0 radical (unpaired) electrons. The Bertz CT molecular complexity index is 2270. The van der Waals surface area contributed by atoms with Crippen molar-refractivity contribution in [3.63, 3.8) is 0 Å². The Hall–Kier alpha value is -6.07. The molecule has 0 fully saturated rings. The SMILES string of the molecule is Oc1ccccc1ON1P(Oc2ccccc2O)N=P(Oc2ccccc2O)(Oc2ccccc2O)N(Oc2ccccc2O)P1Oc1ccccc1O. The number of rotatable bonds is 12. The van der Waals surface area contributed by atoms with Crippen LogP contribution < -0.4 is 27.8 Å². The smallest absolute Gasteiger partial charge is 0.447 e. The number of para-hydroxylation sites is 12. The summed E-state index contributed by atoms with van der Waals surface area (Å²) in [5.41, 5.74) is 0. The Morgan fingerprint density at radius 2 is 0.741 bits per heavy atom. The number of nitrogens with zero attached hydrogens (tertiary/aromatic N) is 3. The van der Waals surface area contributed by atoms with Gasteiger partial charge in [0.2, 0.25) is 0 Å². The van der Waals surface area contributed by atoms with Gasteiger partial charge in [-0.2, -0.15) is 0 Å². The normalized spacial score (nSPS) is 16.7. The van der Waals surface area contributed by atoms with Gasteiger partial charge >= 0.3 is 24.6 Å². The summed E-state index contributed by atoms with van der Waals surface area (Å²) in [5, 5.41) is 65.7. The molecular weight excluding hydrogens is 759 g/mol. The van der Waals surface area contributed by atoms with Gasteiger partial charge in [-0.1, -0.05) is 72.8 Å². The van der Waals surface area contributed by atoms with Gasteiger partial charge in [-0.05, 0) is 72.8 Å². The van der Waals surface area contributed by atoms with E-state index in [0.29, 0.717) is 0 Å². The minimum absolute atomic E-state index is 0.0611. The van der Waals surface area contributed by atoms with E-state index in [-0.39, 0.29) is 69.0 Å². The maximum atomic E-state index is 11.0. The zero-order chi connectivity index (χ0) is 37.7. The summed E-state index contributed by atoms with van der Waals surface area (Å²) < 4.78 is 33.1. The second-order valence-electron chi connectivity index (χ2n) is 10.9. The van der Waals surface area contributed by atoms with Gasteiger partial charge in [-0.3, -0.25) is 0 Å². The van der Waals surface area contributed by atoms with Crippen LogP contribution in [0.3, 0.4) is 0 Å². The largest absolute Gasteiger partial charge is 0.504 e. The lowest BCUT2D eigenvalue weighted by Gasteiger charge is -2.43. The average molecular weight is 790 g/mol. The fourth-order valence-corrected chi connectivity index (χ4v) is 12.1. The van der Waals surface area contributed by atoms with Crippen LogP contribution in [-0.4, -0.2) is 39.8 Å². The summed E-state index contributed by atoms with van der Waals surface area (Å²) in [6, 6.07) is 35.9. The van der Waals surface area contributed by atoms with Gasteiger partial charge in [0, 0.05) is 9.21 Å². The molecule has 6 N–H and O–H groups in total. The molecule has 0 saturated heterocycles. The second kappa shape index (κ2) is 15.9. The van der Waals surface area contributed by atoms with Crippen molar-refractivity contribution in [2.45, 2.75) is 0 Å². The molecule has 54 heavy (non-hydrogen) atoms. The molecular formula is C36H30N3O12P3.